The minimum absolute atomic E-state index is 0.0919. The molecule has 0 saturated carbocycles. The lowest BCUT2D eigenvalue weighted by molar-refractivity contribution is -0.108. The van der Waals surface area contributed by atoms with E-state index < -0.39 is 0 Å². The molecule has 0 aliphatic heterocycles. The lowest BCUT2D eigenvalue weighted by Gasteiger charge is -2.11. The molecule has 194 valence electrons. The molecule has 5 N–H and O–H groups in total. The van der Waals surface area contributed by atoms with Crippen LogP contribution in [0.25, 0.3) is 5.69 Å². The molecule has 0 saturated heterocycles. The van der Waals surface area contributed by atoms with Crippen LogP contribution in [0.5, 0.6) is 11.5 Å². The predicted octanol–water partition coefficient (Wildman–Crippen LogP) is 3.91. The average Bonchev–Trinajstić information content (AvgIpc) is 3.45. The van der Waals surface area contributed by atoms with E-state index >= 15 is 0 Å². The molecule has 0 aliphatic rings. The van der Waals surface area contributed by atoms with E-state index in [1.165, 1.54) is 14.1 Å². The number of carbonyl (C=O) groups excluding carboxylic acids is 2. The van der Waals surface area contributed by atoms with Gasteiger partial charge in [-0.3, -0.25) is 4.79 Å². The standard InChI is InChI=1S/C12H15N3O2.C10H10O2.C2H6.2CH5N/c1-13-12-6-7-14-15(12)9-4-5-10(16-2)11(8-9)17-3;1-8(6-11)10-4-2-9(7-12)3-5-10;3*1-2/h4-8,13H,1-3H3;2-8H,1H3;1-2H3;2*2H2,1H3. The van der Waals surface area contributed by atoms with Crippen LogP contribution >= 0.6 is 0 Å². The first-order valence-corrected chi connectivity index (χ1v) is 11.2. The molecular formula is C26H41N5O4. The lowest BCUT2D eigenvalue weighted by atomic mass is 10.0. The van der Waals surface area contributed by atoms with Crippen LogP contribution in [0.15, 0.2) is 54.7 Å². The van der Waals surface area contributed by atoms with Crippen molar-refractivity contribution in [2.75, 3.05) is 40.7 Å². The Morgan fingerprint density at radius 2 is 1.49 bits per heavy atom. The maximum absolute atomic E-state index is 10.4. The molecule has 1 atom stereocenters. The molecule has 1 aromatic heterocycles. The number of hydrogen-bond donors (Lipinski definition) is 3. The molecule has 2 aromatic carbocycles. The third kappa shape index (κ3) is 10.9. The second-order valence-corrected chi connectivity index (χ2v) is 6.13. The summed E-state index contributed by atoms with van der Waals surface area (Å²) < 4.78 is 12.3. The number of aromatic nitrogens is 2. The fourth-order valence-electron chi connectivity index (χ4n) is 2.61. The number of nitrogens with zero attached hydrogens (tertiary/aromatic N) is 2. The zero-order valence-corrected chi connectivity index (χ0v) is 22.1. The molecule has 9 heteroatoms. The predicted molar refractivity (Wildman–Crippen MR) is 144 cm³/mol. The Morgan fingerprint density at radius 1 is 0.914 bits per heavy atom. The van der Waals surface area contributed by atoms with Crippen LogP contribution in [0.2, 0.25) is 0 Å². The summed E-state index contributed by atoms with van der Waals surface area (Å²) in [7, 11) is 8.09. The van der Waals surface area contributed by atoms with E-state index in [1.54, 1.807) is 49.4 Å². The van der Waals surface area contributed by atoms with Gasteiger partial charge in [0.15, 0.2) is 11.5 Å². The van der Waals surface area contributed by atoms with Crippen LogP contribution in [0, 0.1) is 0 Å². The Hall–Kier alpha value is -3.69. The molecule has 0 fully saturated rings. The summed E-state index contributed by atoms with van der Waals surface area (Å²) in [5, 5.41) is 7.31. The first-order valence-electron chi connectivity index (χ1n) is 11.2. The lowest BCUT2D eigenvalue weighted by Crippen LogP contribution is -2.02. The molecule has 0 bridgehead atoms. The largest absolute Gasteiger partial charge is 0.493 e. The van der Waals surface area contributed by atoms with Gasteiger partial charge < -0.3 is 31.1 Å². The molecule has 0 spiro atoms. The minimum atomic E-state index is -0.0919. The van der Waals surface area contributed by atoms with E-state index in [0.29, 0.717) is 17.1 Å². The van der Waals surface area contributed by atoms with Gasteiger partial charge in [0.25, 0.3) is 0 Å². The highest BCUT2D eigenvalue weighted by atomic mass is 16.5. The van der Waals surface area contributed by atoms with Crippen LogP contribution < -0.4 is 26.3 Å². The van der Waals surface area contributed by atoms with Crippen LogP contribution in [-0.4, -0.2) is 57.7 Å². The van der Waals surface area contributed by atoms with E-state index in [-0.39, 0.29) is 5.92 Å². The molecule has 1 unspecified atom stereocenters. The van der Waals surface area contributed by atoms with Crippen molar-refractivity contribution >= 4 is 18.4 Å². The van der Waals surface area contributed by atoms with Gasteiger partial charge in [-0.15, -0.1) is 0 Å². The van der Waals surface area contributed by atoms with Crippen LogP contribution in [0.1, 0.15) is 42.6 Å². The van der Waals surface area contributed by atoms with Gasteiger partial charge in [-0.2, -0.15) is 5.10 Å². The summed E-state index contributed by atoms with van der Waals surface area (Å²) in [6, 6.07) is 14.6. The summed E-state index contributed by atoms with van der Waals surface area (Å²) >= 11 is 0. The van der Waals surface area contributed by atoms with Gasteiger partial charge in [-0.1, -0.05) is 45.0 Å². The number of ether oxygens (including phenoxy) is 2. The van der Waals surface area contributed by atoms with Crippen LogP contribution in [-0.2, 0) is 4.79 Å². The van der Waals surface area contributed by atoms with Gasteiger partial charge in [0.05, 0.1) is 26.1 Å². The van der Waals surface area contributed by atoms with Crippen LogP contribution in [0.3, 0.4) is 0 Å². The molecule has 3 rings (SSSR count). The Kier molecular flexibility index (Phi) is 20.0. The Bertz CT molecular complexity index is 943. The summed E-state index contributed by atoms with van der Waals surface area (Å²) in [6.07, 6.45) is 3.41. The van der Waals surface area contributed by atoms with E-state index in [0.717, 1.165) is 29.6 Å². The van der Waals surface area contributed by atoms with E-state index in [4.69, 9.17) is 9.47 Å². The van der Waals surface area contributed by atoms with Gasteiger partial charge >= 0.3 is 0 Å². The number of rotatable bonds is 7. The molecular weight excluding hydrogens is 446 g/mol. The number of anilines is 1. The second kappa shape index (κ2) is 20.9. The fraction of sp³-hybridized carbons (Fsp3) is 0.346. The highest BCUT2D eigenvalue weighted by Crippen LogP contribution is 2.29. The van der Waals surface area contributed by atoms with E-state index in [1.807, 2.05) is 52.1 Å². The SMILES string of the molecule is CC.CC(C=O)c1ccc(C=O)cc1.CN.CN.CNc1ccnn1-c1ccc(OC)c(OC)c1. The van der Waals surface area contributed by atoms with Gasteiger partial charge in [-0.05, 0) is 31.8 Å². The van der Waals surface area contributed by atoms with Crippen molar-refractivity contribution in [3.8, 4) is 17.2 Å². The molecule has 1 heterocycles. The van der Waals surface area contributed by atoms with E-state index in [2.05, 4.69) is 21.9 Å². The Morgan fingerprint density at radius 3 is 1.94 bits per heavy atom. The molecule has 0 amide bonds. The normalized spacial score (nSPS) is 9.54. The second-order valence-electron chi connectivity index (χ2n) is 6.13. The highest BCUT2D eigenvalue weighted by Gasteiger charge is 2.08. The first-order chi connectivity index (χ1) is 17.1. The molecule has 9 nitrogen and oxygen atoms in total. The molecule has 0 radical (unpaired) electrons. The zero-order chi connectivity index (χ0) is 27.2. The third-order valence-corrected chi connectivity index (χ3v) is 4.31. The summed E-state index contributed by atoms with van der Waals surface area (Å²) in [6.45, 7) is 5.82. The highest BCUT2D eigenvalue weighted by molar-refractivity contribution is 5.75. The monoisotopic (exact) mass is 487 g/mol. The fourth-order valence-corrected chi connectivity index (χ4v) is 2.61. The average molecular weight is 488 g/mol. The molecule has 0 aliphatic carbocycles. The quantitative estimate of drug-likeness (QED) is 0.427. The van der Waals surface area contributed by atoms with Crippen molar-refractivity contribution in [3.63, 3.8) is 0 Å². The number of carbonyl (C=O) groups is 2. The van der Waals surface area contributed by atoms with Crippen molar-refractivity contribution in [1.82, 2.24) is 9.78 Å². The third-order valence-electron chi connectivity index (χ3n) is 4.31. The number of hydrogen-bond acceptors (Lipinski definition) is 8. The summed E-state index contributed by atoms with van der Waals surface area (Å²) in [5.41, 5.74) is 11.5. The summed E-state index contributed by atoms with van der Waals surface area (Å²) in [4.78, 5) is 20.7. The van der Waals surface area contributed by atoms with Gasteiger partial charge in [0.1, 0.15) is 18.4 Å². The van der Waals surface area contributed by atoms with Gasteiger partial charge in [0.2, 0.25) is 0 Å². The van der Waals surface area contributed by atoms with Crippen molar-refractivity contribution in [2.45, 2.75) is 26.7 Å². The summed E-state index contributed by atoms with van der Waals surface area (Å²) in [5.74, 6) is 2.21. The Labute approximate surface area is 209 Å². The maximum Gasteiger partial charge on any atom is 0.162 e. The number of nitrogens with one attached hydrogen (secondary N) is 1. The number of benzene rings is 2. The number of nitrogens with two attached hydrogens (primary N) is 2. The van der Waals surface area contributed by atoms with E-state index in [9.17, 15) is 9.59 Å². The minimum Gasteiger partial charge on any atom is -0.493 e. The van der Waals surface area contributed by atoms with Gasteiger partial charge in [-0.25, -0.2) is 4.68 Å². The molecule has 3 aromatic rings. The molecule has 35 heavy (non-hydrogen) atoms. The topological polar surface area (TPSA) is 134 Å². The smallest absolute Gasteiger partial charge is 0.162 e. The van der Waals surface area contributed by atoms with Crippen molar-refractivity contribution in [3.05, 3.63) is 65.9 Å². The zero-order valence-electron chi connectivity index (χ0n) is 22.1. The Balaban J connectivity index is 0. The van der Waals surface area contributed by atoms with Crippen molar-refractivity contribution < 1.29 is 19.1 Å². The van der Waals surface area contributed by atoms with Gasteiger partial charge in [0, 0.05) is 30.7 Å². The number of methoxy groups -OCH3 is 2. The maximum atomic E-state index is 10.4. The first kappa shape index (κ1) is 33.5. The van der Waals surface area contributed by atoms with Crippen molar-refractivity contribution in [1.29, 1.82) is 0 Å². The van der Waals surface area contributed by atoms with Crippen LogP contribution in [0.4, 0.5) is 5.82 Å². The van der Waals surface area contributed by atoms with Crippen molar-refractivity contribution in [2.24, 2.45) is 11.5 Å². The number of aldehydes is 2.